The number of carbonyl (C=O) groups is 1. The smallest absolute Gasteiger partial charge is 0.232 e. The highest BCUT2D eigenvalue weighted by Crippen LogP contribution is 2.23. The summed E-state index contributed by atoms with van der Waals surface area (Å²) in [6.07, 6.45) is 0. The molecular formula is C14H16N2OS. The highest BCUT2D eigenvalue weighted by Gasteiger charge is 2.07. The third kappa shape index (κ3) is 2.82. The van der Waals surface area contributed by atoms with Gasteiger partial charge in [-0.1, -0.05) is 30.0 Å². The zero-order valence-electron chi connectivity index (χ0n) is 10.8. The van der Waals surface area contributed by atoms with Crippen LogP contribution in [-0.2, 0) is 4.79 Å². The predicted molar refractivity (Wildman–Crippen MR) is 75.9 cm³/mol. The molecule has 0 aliphatic rings. The number of hydrogen-bond donors (Lipinski definition) is 0. The average molecular weight is 260 g/mol. The molecule has 0 fully saturated rings. The van der Waals surface area contributed by atoms with Gasteiger partial charge in [0, 0.05) is 19.5 Å². The fourth-order valence-electron chi connectivity index (χ4n) is 1.66. The summed E-state index contributed by atoms with van der Waals surface area (Å²) in [5.41, 5.74) is 2.18. The van der Waals surface area contributed by atoms with Crippen LogP contribution >= 0.6 is 11.8 Å². The van der Waals surface area contributed by atoms with E-state index in [1.54, 1.807) is 19.0 Å². The molecule has 0 aliphatic carbocycles. The average Bonchev–Trinajstić information content (AvgIpc) is 2.36. The first-order valence-corrected chi connectivity index (χ1v) is 6.76. The minimum atomic E-state index is 0.104. The van der Waals surface area contributed by atoms with Crippen LogP contribution in [0.15, 0.2) is 35.4 Å². The molecule has 4 heteroatoms. The maximum Gasteiger partial charge on any atom is 0.232 e. The van der Waals surface area contributed by atoms with E-state index in [0.717, 1.165) is 10.5 Å². The first-order chi connectivity index (χ1) is 8.58. The minimum absolute atomic E-state index is 0.104. The third-order valence-electron chi connectivity index (χ3n) is 2.74. The summed E-state index contributed by atoms with van der Waals surface area (Å²) in [6, 6.07) is 10.1. The van der Waals surface area contributed by atoms with E-state index >= 15 is 0 Å². The van der Waals surface area contributed by atoms with Crippen LogP contribution in [0, 0.1) is 6.92 Å². The lowest BCUT2D eigenvalue weighted by molar-refractivity contribution is -0.125. The monoisotopic (exact) mass is 260 g/mol. The van der Waals surface area contributed by atoms with Crippen molar-refractivity contribution in [2.45, 2.75) is 11.9 Å². The van der Waals surface area contributed by atoms with Crippen molar-refractivity contribution in [3.05, 3.63) is 35.9 Å². The molecule has 18 heavy (non-hydrogen) atoms. The van der Waals surface area contributed by atoms with Crippen LogP contribution in [0.25, 0.3) is 10.9 Å². The quantitative estimate of drug-likeness (QED) is 0.796. The summed E-state index contributed by atoms with van der Waals surface area (Å²) in [5, 5.41) is 2.07. The zero-order valence-corrected chi connectivity index (χ0v) is 11.6. The molecule has 1 heterocycles. The number of amides is 1. The van der Waals surface area contributed by atoms with Crippen molar-refractivity contribution in [3.63, 3.8) is 0 Å². The zero-order chi connectivity index (χ0) is 13.1. The topological polar surface area (TPSA) is 33.2 Å². The predicted octanol–water partition coefficient (Wildman–Crippen LogP) is 2.72. The number of nitrogens with zero attached hydrogens (tertiary/aromatic N) is 2. The second-order valence-electron chi connectivity index (χ2n) is 4.37. The highest BCUT2D eigenvalue weighted by atomic mass is 32.2. The molecule has 0 aliphatic heterocycles. The molecule has 2 aromatic rings. The molecule has 1 aromatic heterocycles. The van der Waals surface area contributed by atoms with Crippen molar-refractivity contribution in [1.82, 2.24) is 9.88 Å². The Bertz CT molecular complexity index is 581. The lowest BCUT2D eigenvalue weighted by Crippen LogP contribution is -2.23. The van der Waals surface area contributed by atoms with Crippen LogP contribution in [0.3, 0.4) is 0 Å². The molecule has 0 radical (unpaired) electrons. The van der Waals surface area contributed by atoms with Crippen LogP contribution in [0.5, 0.6) is 0 Å². The Labute approximate surface area is 111 Å². The summed E-state index contributed by atoms with van der Waals surface area (Å²) in [7, 11) is 3.53. The molecule has 0 spiro atoms. The molecule has 1 aromatic carbocycles. The molecule has 0 saturated carbocycles. The van der Waals surface area contributed by atoms with E-state index < -0.39 is 0 Å². The van der Waals surface area contributed by atoms with Gasteiger partial charge in [0.2, 0.25) is 5.91 Å². The second kappa shape index (κ2) is 5.40. The lowest BCUT2D eigenvalue weighted by atomic mass is 10.1. The molecule has 1 amide bonds. The SMILES string of the molecule is Cc1cc(SCC(=O)N(C)C)nc2ccccc12. The van der Waals surface area contributed by atoms with E-state index in [9.17, 15) is 4.79 Å². The Morgan fingerprint density at radius 3 is 2.78 bits per heavy atom. The lowest BCUT2D eigenvalue weighted by Gasteiger charge is -2.10. The number of aromatic nitrogens is 1. The summed E-state index contributed by atoms with van der Waals surface area (Å²) in [5.74, 6) is 0.533. The Hall–Kier alpha value is -1.55. The van der Waals surface area contributed by atoms with Crippen LogP contribution in [-0.4, -0.2) is 35.6 Å². The van der Waals surface area contributed by atoms with Gasteiger partial charge in [-0.15, -0.1) is 0 Å². The fourth-order valence-corrected chi connectivity index (χ4v) is 2.61. The number of hydrogen-bond acceptors (Lipinski definition) is 3. The van der Waals surface area contributed by atoms with Gasteiger partial charge in [-0.3, -0.25) is 4.79 Å². The van der Waals surface area contributed by atoms with Crippen LogP contribution in [0.4, 0.5) is 0 Å². The van der Waals surface area contributed by atoms with Gasteiger partial charge < -0.3 is 4.90 Å². The van der Waals surface area contributed by atoms with Crippen molar-refractivity contribution in [3.8, 4) is 0 Å². The number of pyridine rings is 1. The van der Waals surface area contributed by atoms with E-state index in [1.165, 1.54) is 22.7 Å². The summed E-state index contributed by atoms with van der Waals surface area (Å²) >= 11 is 1.48. The normalized spacial score (nSPS) is 10.6. The Balaban J connectivity index is 2.22. The molecule has 0 bridgehead atoms. The van der Waals surface area contributed by atoms with Crippen molar-refractivity contribution in [1.29, 1.82) is 0 Å². The van der Waals surface area contributed by atoms with Crippen LogP contribution in [0.2, 0.25) is 0 Å². The van der Waals surface area contributed by atoms with Crippen LogP contribution in [0.1, 0.15) is 5.56 Å². The standard InChI is InChI=1S/C14H16N2OS/c1-10-8-13(18-9-14(17)16(2)3)15-12-7-5-4-6-11(10)12/h4-8H,9H2,1-3H3. The van der Waals surface area contributed by atoms with E-state index in [0.29, 0.717) is 5.75 Å². The minimum Gasteiger partial charge on any atom is -0.348 e. The molecule has 0 saturated heterocycles. The maximum atomic E-state index is 11.5. The van der Waals surface area contributed by atoms with Gasteiger partial charge in [-0.2, -0.15) is 0 Å². The Kier molecular flexibility index (Phi) is 3.87. The molecule has 2 rings (SSSR count). The number of carbonyl (C=O) groups excluding carboxylic acids is 1. The van der Waals surface area contributed by atoms with Crippen LogP contribution < -0.4 is 0 Å². The van der Waals surface area contributed by atoms with E-state index in [-0.39, 0.29) is 5.91 Å². The first-order valence-electron chi connectivity index (χ1n) is 5.77. The van der Waals surface area contributed by atoms with Gasteiger partial charge >= 0.3 is 0 Å². The fraction of sp³-hybridized carbons (Fsp3) is 0.286. The second-order valence-corrected chi connectivity index (χ2v) is 5.37. The first kappa shape index (κ1) is 12.9. The number of rotatable bonds is 3. The van der Waals surface area contributed by atoms with Crippen molar-refractivity contribution < 1.29 is 4.79 Å². The molecule has 0 unspecified atom stereocenters. The van der Waals surface area contributed by atoms with Gasteiger partial charge in [0.05, 0.1) is 16.3 Å². The molecule has 94 valence electrons. The van der Waals surface area contributed by atoms with Gasteiger partial charge in [-0.25, -0.2) is 4.98 Å². The van der Waals surface area contributed by atoms with E-state index in [1.807, 2.05) is 24.3 Å². The summed E-state index contributed by atoms with van der Waals surface area (Å²) < 4.78 is 0. The number of para-hydroxylation sites is 1. The van der Waals surface area contributed by atoms with Gasteiger partial charge in [-0.05, 0) is 24.6 Å². The molecule has 0 N–H and O–H groups in total. The van der Waals surface area contributed by atoms with Gasteiger partial charge in [0.15, 0.2) is 0 Å². The maximum absolute atomic E-state index is 11.5. The van der Waals surface area contributed by atoms with E-state index in [4.69, 9.17) is 0 Å². The molecule has 3 nitrogen and oxygen atoms in total. The summed E-state index contributed by atoms with van der Waals surface area (Å²) in [6.45, 7) is 2.07. The van der Waals surface area contributed by atoms with Crippen molar-refractivity contribution >= 4 is 28.6 Å². The highest BCUT2D eigenvalue weighted by molar-refractivity contribution is 7.99. The van der Waals surface area contributed by atoms with Gasteiger partial charge in [0.1, 0.15) is 0 Å². The number of aryl methyl sites for hydroxylation is 1. The Morgan fingerprint density at radius 2 is 2.06 bits per heavy atom. The molecular weight excluding hydrogens is 244 g/mol. The number of fused-ring (bicyclic) bond motifs is 1. The number of benzene rings is 1. The van der Waals surface area contributed by atoms with E-state index in [2.05, 4.69) is 18.0 Å². The Morgan fingerprint density at radius 1 is 1.33 bits per heavy atom. The van der Waals surface area contributed by atoms with Crippen molar-refractivity contribution in [2.24, 2.45) is 0 Å². The van der Waals surface area contributed by atoms with Crippen molar-refractivity contribution in [2.75, 3.05) is 19.8 Å². The van der Waals surface area contributed by atoms with Gasteiger partial charge in [0.25, 0.3) is 0 Å². The summed E-state index contributed by atoms with van der Waals surface area (Å²) in [4.78, 5) is 17.7. The molecule has 0 atom stereocenters. The number of thioether (sulfide) groups is 1. The largest absolute Gasteiger partial charge is 0.348 e. The third-order valence-corrected chi connectivity index (χ3v) is 3.64.